The molecule has 0 spiro atoms. The molecule has 1 amide bonds. The maximum atomic E-state index is 12.2. The number of carbonyl (C=O) groups excluding carboxylic acids is 1. The first-order valence-electron chi connectivity index (χ1n) is 13.4. The molecule has 1 fully saturated rings. The first kappa shape index (κ1) is 29.0. The Morgan fingerprint density at radius 1 is 0.946 bits per heavy atom. The lowest BCUT2D eigenvalue weighted by atomic mass is 10.0. The van der Waals surface area contributed by atoms with Crippen LogP contribution >= 0.6 is 0 Å². The molecular formula is C30H45N3O4. The van der Waals surface area contributed by atoms with Gasteiger partial charge in [0.1, 0.15) is 30.3 Å². The molecule has 1 unspecified atom stereocenters. The molecule has 0 radical (unpaired) electrons. The highest BCUT2D eigenvalue weighted by atomic mass is 16.5. The maximum absolute atomic E-state index is 12.2. The molecule has 2 aromatic rings. The van der Waals surface area contributed by atoms with Crippen LogP contribution in [0.2, 0.25) is 0 Å². The van der Waals surface area contributed by atoms with Crippen molar-refractivity contribution in [1.82, 2.24) is 14.7 Å². The lowest BCUT2D eigenvalue weighted by Gasteiger charge is -2.32. The SMILES string of the molecule is CC(=O)N1CCN(Cc2ccc(OCCN(C(C)C)C(C)C)cc2)CC(O)(COc2ccc(C)cc2)C1. The van der Waals surface area contributed by atoms with Gasteiger partial charge in [-0.1, -0.05) is 29.8 Å². The number of aryl methyl sites for hydroxylation is 1. The van der Waals surface area contributed by atoms with Crippen molar-refractivity contribution < 1.29 is 19.4 Å². The highest BCUT2D eigenvalue weighted by Crippen LogP contribution is 2.21. The third-order valence-electron chi connectivity index (χ3n) is 6.94. The van der Waals surface area contributed by atoms with Crippen molar-refractivity contribution in [2.45, 2.75) is 65.8 Å². The Labute approximate surface area is 223 Å². The quantitative estimate of drug-likeness (QED) is 0.493. The monoisotopic (exact) mass is 511 g/mol. The zero-order valence-electron chi connectivity index (χ0n) is 23.4. The summed E-state index contributed by atoms with van der Waals surface area (Å²) < 4.78 is 12.0. The Morgan fingerprint density at radius 2 is 1.54 bits per heavy atom. The number of rotatable bonds is 11. The standard InChI is InChI=1S/C30H45N3O4/c1-23(2)33(24(3)4)17-18-36-28-13-9-27(10-14-28)19-31-15-16-32(26(6)34)21-30(35,20-31)22-37-29-11-7-25(5)8-12-29/h7-14,23-24,35H,15-22H2,1-6H3. The van der Waals surface area contributed by atoms with Gasteiger partial charge >= 0.3 is 0 Å². The maximum Gasteiger partial charge on any atom is 0.219 e. The molecule has 7 heteroatoms. The van der Waals surface area contributed by atoms with Crippen LogP contribution in [-0.2, 0) is 11.3 Å². The van der Waals surface area contributed by atoms with Gasteiger partial charge in [0.25, 0.3) is 0 Å². The molecule has 0 aromatic heterocycles. The Balaban J connectivity index is 1.59. The summed E-state index contributed by atoms with van der Waals surface area (Å²) in [4.78, 5) is 18.5. The topological polar surface area (TPSA) is 65.5 Å². The predicted octanol–water partition coefficient (Wildman–Crippen LogP) is 3.97. The number of aliphatic hydroxyl groups is 1. The van der Waals surface area contributed by atoms with Gasteiger partial charge in [0.2, 0.25) is 5.91 Å². The number of β-amino-alcohol motifs (C(OH)–C–C–N with tert-alkyl or cyclic N) is 1. The Bertz CT molecular complexity index is 969. The molecule has 2 aromatic carbocycles. The summed E-state index contributed by atoms with van der Waals surface area (Å²) in [5.74, 6) is 1.54. The van der Waals surface area contributed by atoms with Gasteiger partial charge in [-0.25, -0.2) is 0 Å². The normalized spacial score (nSPS) is 18.9. The van der Waals surface area contributed by atoms with Gasteiger partial charge in [0, 0.05) is 51.7 Å². The molecule has 3 rings (SSSR count). The summed E-state index contributed by atoms with van der Waals surface area (Å²) in [5.41, 5.74) is 1.12. The minimum absolute atomic E-state index is 0.0365. The number of hydrogen-bond donors (Lipinski definition) is 1. The van der Waals surface area contributed by atoms with Crippen LogP contribution in [0.25, 0.3) is 0 Å². The van der Waals surface area contributed by atoms with E-state index in [1.807, 2.05) is 43.3 Å². The van der Waals surface area contributed by atoms with Crippen LogP contribution in [0.4, 0.5) is 0 Å². The van der Waals surface area contributed by atoms with Crippen LogP contribution in [0.3, 0.4) is 0 Å². The van der Waals surface area contributed by atoms with Crippen LogP contribution < -0.4 is 9.47 Å². The number of ether oxygens (including phenoxy) is 2. The molecule has 1 aliphatic heterocycles. The van der Waals surface area contributed by atoms with Gasteiger partial charge in [0.15, 0.2) is 0 Å². The molecule has 0 saturated carbocycles. The van der Waals surface area contributed by atoms with E-state index in [4.69, 9.17) is 9.47 Å². The average Bonchev–Trinajstić information content (AvgIpc) is 3.01. The fourth-order valence-electron chi connectivity index (χ4n) is 4.92. The van der Waals surface area contributed by atoms with Crippen molar-refractivity contribution in [3.63, 3.8) is 0 Å². The molecule has 7 nitrogen and oxygen atoms in total. The van der Waals surface area contributed by atoms with Crippen LogP contribution in [0.1, 0.15) is 45.7 Å². The van der Waals surface area contributed by atoms with Crippen LogP contribution in [0.15, 0.2) is 48.5 Å². The van der Waals surface area contributed by atoms with E-state index in [-0.39, 0.29) is 19.1 Å². The lowest BCUT2D eigenvalue weighted by Crippen LogP contribution is -2.51. The third-order valence-corrected chi connectivity index (χ3v) is 6.94. The van der Waals surface area contributed by atoms with E-state index in [0.717, 1.165) is 23.4 Å². The van der Waals surface area contributed by atoms with E-state index in [0.29, 0.717) is 50.6 Å². The molecule has 1 aliphatic rings. The number of hydrogen-bond acceptors (Lipinski definition) is 6. The molecule has 1 N–H and O–H groups in total. The van der Waals surface area contributed by atoms with Gasteiger partial charge in [-0.05, 0) is 64.4 Å². The van der Waals surface area contributed by atoms with Crippen molar-refractivity contribution in [1.29, 1.82) is 0 Å². The van der Waals surface area contributed by atoms with E-state index in [9.17, 15) is 9.90 Å². The van der Waals surface area contributed by atoms with Gasteiger partial charge in [-0.2, -0.15) is 0 Å². The van der Waals surface area contributed by atoms with Gasteiger partial charge < -0.3 is 19.5 Å². The number of amides is 1. The highest BCUT2D eigenvalue weighted by molar-refractivity contribution is 5.73. The van der Waals surface area contributed by atoms with Crippen molar-refractivity contribution in [2.24, 2.45) is 0 Å². The summed E-state index contributed by atoms with van der Waals surface area (Å²) in [7, 11) is 0. The van der Waals surface area contributed by atoms with E-state index in [1.165, 1.54) is 0 Å². The smallest absolute Gasteiger partial charge is 0.219 e. The second-order valence-electron chi connectivity index (χ2n) is 10.9. The lowest BCUT2D eigenvalue weighted by molar-refractivity contribution is -0.132. The second-order valence-corrected chi connectivity index (χ2v) is 10.9. The molecule has 1 atom stereocenters. The molecule has 0 aliphatic carbocycles. The fourth-order valence-corrected chi connectivity index (χ4v) is 4.92. The minimum atomic E-state index is -1.17. The molecule has 1 heterocycles. The van der Waals surface area contributed by atoms with E-state index >= 15 is 0 Å². The van der Waals surface area contributed by atoms with Gasteiger partial charge in [-0.3, -0.25) is 14.6 Å². The number of carbonyl (C=O) groups is 1. The largest absolute Gasteiger partial charge is 0.492 e. The Hall–Kier alpha value is -2.61. The van der Waals surface area contributed by atoms with Gasteiger partial charge in [-0.15, -0.1) is 0 Å². The minimum Gasteiger partial charge on any atom is -0.492 e. The van der Waals surface area contributed by atoms with Crippen molar-refractivity contribution in [3.8, 4) is 11.5 Å². The Morgan fingerprint density at radius 3 is 2.14 bits per heavy atom. The van der Waals surface area contributed by atoms with Crippen LogP contribution in [0.5, 0.6) is 11.5 Å². The van der Waals surface area contributed by atoms with Crippen molar-refractivity contribution in [2.75, 3.05) is 45.9 Å². The summed E-state index contributed by atoms with van der Waals surface area (Å²) in [6.07, 6.45) is 0. The van der Waals surface area contributed by atoms with E-state index in [1.54, 1.807) is 11.8 Å². The number of benzene rings is 2. The molecule has 37 heavy (non-hydrogen) atoms. The van der Waals surface area contributed by atoms with Crippen LogP contribution in [0, 0.1) is 6.92 Å². The molecule has 1 saturated heterocycles. The summed E-state index contributed by atoms with van der Waals surface area (Å²) in [6, 6.07) is 16.9. The summed E-state index contributed by atoms with van der Waals surface area (Å²) in [6.45, 7) is 16.7. The predicted molar refractivity (Wildman–Crippen MR) is 148 cm³/mol. The highest BCUT2D eigenvalue weighted by Gasteiger charge is 2.36. The first-order valence-corrected chi connectivity index (χ1v) is 13.4. The van der Waals surface area contributed by atoms with Crippen molar-refractivity contribution in [3.05, 3.63) is 59.7 Å². The van der Waals surface area contributed by atoms with Crippen LogP contribution in [-0.4, -0.2) is 89.3 Å². The van der Waals surface area contributed by atoms with Crippen molar-refractivity contribution >= 4 is 5.91 Å². The number of nitrogens with zero attached hydrogens (tertiary/aromatic N) is 3. The molecular weight excluding hydrogens is 466 g/mol. The van der Waals surface area contributed by atoms with Gasteiger partial charge in [0.05, 0.1) is 6.54 Å². The zero-order valence-corrected chi connectivity index (χ0v) is 23.4. The molecule has 0 bridgehead atoms. The van der Waals surface area contributed by atoms with E-state index in [2.05, 4.69) is 49.6 Å². The second kappa shape index (κ2) is 13.3. The Kier molecular flexibility index (Phi) is 10.4. The average molecular weight is 512 g/mol. The summed E-state index contributed by atoms with van der Waals surface area (Å²) >= 11 is 0. The first-order chi connectivity index (χ1) is 17.5. The van der Waals surface area contributed by atoms with E-state index < -0.39 is 5.60 Å². The molecule has 204 valence electrons. The summed E-state index contributed by atoms with van der Waals surface area (Å²) in [5, 5.41) is 11.5. The third kappa shape index (κ3) is 9.02. The fraction of sp³-hybridized carbons (Fsp3) is 0.567. The zero-order chi connectivity index (χ0) is 27.0.